The van der Waals surface area contributed by atoms with Gasteiger partial charge in [-0.15, -0.1) is 5.10 Å². The van der Waals surface area contributed by atoms with Crippen molar-refractivity contribution in [3.63, 3.8) is 0 Å². The van der Waals surface area contributed by atoms with Gasteiger partial charge in [0.15, 0.2) is 5.69 Å². The van der Waals surface area contributed by atoms with Crippen molar-refractivity contribution in [1.29, 1.82) is 0 Å². The molecule has 2 N–H and O–H groups in total. The number of aromatic nitrogens is 4. The first-order chi connectivity index (χ1) is 17.0. The molecule has 0 aliphatic heterocycles. The molecule has 0 saturated heterocycles. The van der Waals surface area contributed by atoms with E-state index >= 15 is 0 Å². The van der Waals surface area contributed by atoms with Crippen molar-refractivity contribution in [2.24, 2.45) is 5.92 Å². The largest absolute Gasteiger partial charge is 0.321 e. The van der Waals surface area contributed by atoms with Gasteiger partial charge in [0, 0.05) is 34.0 Å². The van der Waals surface area contributed by atoms with E-state index in [4.69, 9.17) is 0 Å². The lowest BCUT2D eigenvalue weighted by Gasteiger charge is -2.12. The highest BCUT2D eigenvalue weighted by molar-refractivity contribution is 9.10. The van der Waals surface area contributed by atoms with Crippen LogP contribution < -0.4 is 10.6 Å². The lowest BCUT2D eigenvalue weighted by Crippen LogP contribution is -2.14. The van der Waals surface area contributed by atoms with Gasteiger partial charge in [-0.25, -0.2) is 4.98 Å². The monoisotopic (exact) mass is 528 g/mol. The van der Waals surface area contributed by atoms with Gasteiger partial charge in [-0.2, -0.15) is 5.10 Å². The van der Waals surface area contributed by atoms with Gasteiger partial charge in [-0.1, -0.05) is 6.07 Å². The Hall–Kier alpha value is -3.98. The van der Waals surface area contributed by atoms with Crippen LogP contribution in [0.25, 0.3) is 22.4 Å². The molecule has 9 heteroatoms. The number of nitrogens with zero attached hydrogens (tertiary/aromatic N) is 4. The van der Waals surface area contributed by atoms with E-state index in [-0.39, 0.29) is 23.4 Å². The van der Waals surface area contributed by atoms with Gasteiger partial charge >= 0.3 is 0 Å². The van der Waals surface area contributed by atoms with Crippen LogP contribution in [-0.4, -0.2) is 32.0 Å². The van der Waals surface area contributed by atoms with Crippen molar-refractivity contribution in [1.82, 2.24) is 20.2 Å². The van der Waals surface area contributed by atoms with E-state index in [0.29, 0.717) is 16.0 Å². The first-order valence-corrected chi connectivity index (χ1v) is 11.9. The van der Waals surface area contributed by atoms with E-state index in [1.165, 1.54) is 6.20 Å². The van der Waals surface area contributed by atoms with E-state index in [0.717, 1.165) is 40.8 Å². The third-order valence-electron chi connectivity index (χ3n) is 5.68. The minimum atomic E-state index is -0.346. The van der Waals surface area contributed by atoms with Gasteiger partial charge < -0.3 is 10.6 Å². The Balaban J connectivity index is 1.40. The average Bonchev–Trinajstić information content (AvgIpc) is 3.71. The van der Waals surface area contributed by atoms with Crippen LogP contribution in [0.15, 0.2) is 71.6 Å². The molecule has 0 atom stereocenters. The summed E-state index contributed by atoms with van der Waals surface area (Å²) in [5.41, 5.74) is 5.43. The molecule has 174 valence electrons. The lowest BCUT2D eigenvalue weighted by molar-refractivity contribution is -0.117. The average molecular weight is 529 g/mol. The summed E-state index contributed by atoms with van der Waals surface area (Å²) < 4.78 is 0.679. The van der Waals surface area contributed by atoms with Crippen molar-refractivity contribution >= 4 is 39.2 Å². The molecular weight excluding hydrogens is 508 g/mol. The molecule has 0 spiro atoms. The molecule has 5 rings (SSSR count). The highest BCUT2D eigenvalue weighted by Gasteiger charge is 2.29. The molecule has 1 saturated carbocycles. The maximum absolute atomic E-state index is 12.6. The zero-order valence-electron chi connectivity index (χ0n) is 18.8. The van der Waals surface area contributed by atoms with E-state index in [9.17, 15) is 9.59 Å². The van der Waals surface area contributed by atoms with Crippen molar-refractivity contribution in [3.8, 4) is 22.4 Å². The van der Waals surface area contributed by atoms with Gasteiger partial charge in [0.25, 0.3) is 5.91 Å². The van der Waals surface area contributed by atoms with E-state index < -0.39 is 0 Å². The predicted molar refractivity (Wildman–Crippen MR) is 137 cm³/mol. The quantitative estimate of drug-likeness (QED) is 0.352. The van der Waals surface area contributed by atoms with Crippen LogP contribution in [0.2, 0.25) is 0 Å². The van der Waals surface area contributed by atoms with E-state index in [1.54, 1.807) is 18.5 Å². The van der Waals surface area contributed by atoms with Crippen molar-refractivity contribution in [2.45, 2.75) is 19.8 Å². The topological polar surface area (TPSA) is 110 Å². The molecule has 1 fully saturated rings. The smallest absolute Gasteiger partial charge is 0.276 e. The molecule has 1 aromatic carbocycles. The molecule has 1 aliphatic carbocycles. The Labute approximate surface area is 210 Å². The van der Waals surface area contributed by atoms with Crippen LogP contribution in [0, 0.1) is 12.8 Å². The fraction of sp³-hybridized carbons (Fsp3) is 0.154. The summed E-state index contributed by atoms with van der Waals surface area (Å²) in [6.07, 6.45) is 6.80. The van der Waals surface area contributed by atoms with E-state index in [1.807, 2.05) is 49.4 Å². The first-order valence-electron chi connectivity index (χ1n) is 11.1. The van der Waals surface area contributed by atoms with Crippen LogP contribution in [0.4, 0.5) is 11.5 Å². The van der Waals surface area contributed by atoms with Crippen molar-refractivity contribution in [3.05, 3.63) is 82.9 Å². The second-order valence-corrected chi connectivity index (χ2v) is 9.28. The highest BCUT2D eigenvalue weighted by atomic mass is 79.9. The molecule has 0 bridgehead atoms. The first kappa shape index (κ1) is 22.8. The summed E-state index contributed by atoms with van der Waals surface area (Å²) in [7, 11) is 0. The SMILES string of the molecule is Cc1ccc(NC(=O)c2cc(Br)cnn2)cc1-c1ccnc(-c2ccnc(NC(=O)C3CC3)c2)c1. The van der Waals surface area contributed by atoms with Crippen LogP contribution >= 0.6 is 15.9 Å². The number of amides is 2. The fourth-order valence-corrected chi connectivity index (χ4v) is 3.96. The standard InChI is InChI=1S/C26H21BrN6O2/c1-15-2-5-20(31-26(35)23-12-19(27)14-30-33-23)13-21(15)17-6-8-28-22(10-17)18-7-9-29-24(11-18)32-25(34)16-3-4-16/h2,5-14,16H,3-4H2,1H3,(H,31,35)(H,29,32,34). The number of aryl methyl sites for hydroxylation is 1. The van der Waals surface area contributed by atoms with Crippen LogP contribution in [0.1, 0.15) is 28.9 Å². The normalized spacial score (nSPS) is 12.7. The lowest BCUT2D eigenvalue weighted by atomic mass is 9.99. The van der Waals surface area contributed by atoms with Gasteiger partial charge in [-0.3, -0.25) is 14.6 Å². The summed E-state index contributed by atoms with van der Waals surface area (Å²) in [4.78, 5) is 33.5. The molecule has 1 aliphatic rings. The highest BCUT2D eigenvalue weighted by Crippen LogP contribution is 2.32. The fourth-order valence-electron chi connectivity index (χ4n) is 3.65. The number of hydrogen-bond donors (Lipinski definition) is 2. The second kappa shape index (κ2) is 9.71. The van der Waals surface area contributed by atoms with Gasteiger partial charge in [0.05, 0.1) is 11.9 Å². The number of nitrogens with one attached hydrogen (secondary N) is 2. The summed E-state index contributed by atoms with van der Waals surface area (Å²) in [6.45, 7) is 2.01. The predicted octanol–water partition coefficient (Wildman–Crippen LogP) is 5.27. The number of benzene rings is 1. The molecule has 3 aromatic heterocycles. The number of carbonyl (C=O) groups is 2. The summed E-state index contributed by atoms with van der Waals surface area (Å²) in [6, 6.07) is 14.9. The summed E-state index contributed by atoms with van der Waals surface area (Å²) in [5.74, 6) is 0.289. The molecule has 3 heterocycles. The Morgan fingerprint density at radius 3 is 2.54 bits per heavy atom. The van der Waals surface area contributed by atoms with Gasteiger partial charge in [-0.05, 0) is 94.9 Å². The van der Waals surface area contributed by atoms with Crippen molar-refractivity contribution in [2.75, 3.05) is 10.6 Å². The molecule has 0 unspecified atom stereocenters. The van der Waals surface area contributed by atoms with Gasteiger partial charge in [0.2, 0.25) is 5.91 Å². The van der Waals surface area contributed by atoms with Crippen LogP contribution in [0.5, 0.6) is 0 Å². The number of rotatable bonds is 6. The number of carbonyl (C=O) groups excluding carboxylic acids is 2. The van der Waals surface area contributed by atoms with Gasteiger partial charge in [0.1, 0.15) is 5.82 Å². The maximum Gasteiger partial charge on any atom is 0.276 e. The Kier molecular flexibility index (Phi) is 6.33. The minimum absolute atomic E-state index is 0.0136. The summed E-state index contributed by atoms with van der Waals surface area (Å²) >= 11 is 3.31. The maximum atomic E-state index is 12.6. The van der Waals surface area contributed by atoms with Crippen molar-refractivity contribution < 1.29 is 9.59 Å². The van der Waals surface area contributed by atoms with Crippen LogP contribution in [0.3, 0.4) is 0 Å². The Morgan fingerprint density at radius 2 is 1.74 bits per heavy atom. The molecule has 4 aromatic rings. The van der Waals surface area contributed by atoms with E-state index in [2.05, 4.69) is 46.7 Å². The third kappa shape index (κ3) is 5.41. The Morgan fingerprint density at radius 1 is 0.943 bits per heavy atom. The third-order valence-corrected chi connectivity index (χ3v) is 6.11. The Bertz CT molecular complexity index is 1440. The number of anilines is 2. The second-order valence-electron chi connectivity index (χ2n) is 8.37. The zero-order chi connectivity index (χ0) is 24.4. The number of pyridine rings is 2. The molecular formula is C26H21BrN6O2. The molecule has 8 nitrogen and oxygen atoms in total. The molecule has 35 heavy (non-hydrogen) atoms. The molecule has 2 amide bonds. The molecule has 0 radical (unpaired) electrons. The summed E-state index contributed by atoms with van der Waals surface area (Å²) in [5, 5.41) is 13.5. The number of hydrogen-bond acceptors (Lipinski definition) is 6. The van der Waals surface area contributed by atoms with Crippen LogP contribution in [-0.2, 0) is 4.79 Å². The number of halogens is 1. The zero-order valence-corrected chi connectivity index (χ0v) is 20.4. The minimum Gasteiger partial charge on any atom is -0.321 e.